The molecule has 1 aromatic rings. The fourth-order valence-electron chi connectivity index (χ4n) is 2.19. The second-order valence-corrected chi connectivity index (χ2v) is 4.48. The number of rotatable bonds is 5. The van der Waals surface area contributed by atoms with E-state index in [4.69, 9.17) is 0 Å². The van der Waals surface area contributed by atoms with E-state index in [0.29, 0.717) is 6.04 Å². The molecule has 0 unspecified atom stereocenters. The Hall–Kier alpha value is -1.62. The number of nitrogens with one attached hydrogen (secondary N) is 2. The molecule has 0 spiro atoms. The third-order valence-corrected chi connectivity index (χ3v) is 3.31. The number of piperidine rings is 1. The summed E-state index contributed by atoms with van der Waals surface area (Å²) in [4.78, 5) is 10.9. The Labute approximate surface area is 108 Å². The van der Waals surface area contributed by atoms with Crippen molar-refractivity contribution in [1.29, 1.82) is 0 Å². The Morgan fingerprint density at radius 3 is 2.89 bits per heavy atom. The summed E-state index contributed by atoms with van der Waals surface area (Å²) in [5, 5.41) is 6.52. The van der Waals surface area contributed by atoms with Crippen molar-refractivity contribution in [1.82, 2.24) is 15.3 Å². The second-order valence-electron chi connectivity index (χ2n) is 4.48. The summed E-state index contributed by atoms with van der Waals surface area (Å²) in [5.41, 5.74) is 0. The van der Waals surface area contributed by atoms with Gasteiger partial charge in [0.2, 0.25) is 0 Å². The molecule has 0 atom stereocenters. The van der Waals surface area contributed by atoms with Crippen LogP contribution in [0, 0.1) is 0 Å². The quantitative estimate of drug-likeness (QED) is 0.767. The molecule has 1 aromatic heterocycles. The van der Waals surface area contributed by atoms with Gasteiger partial charge in [0.1, 0.15) is 18.0 Å². The minimum Gasteiger partial charge on any atom is -0.366 e. The lowest BCUT2D eigenvalue weighted by atomic mass is 10.1. The molecule has 0 bridgehead atoms. The maximum absolute atomic E-state index is 4.35. The average molecular weight is 247 g/mol. The van der Waals surface area contributed by atoms with Gasteiger partial charge < -0.3 is 15.5 Å². The number of aromatic nitrogens is 2. The van der Waals surface area contributed by atoms with Crippen molar-refractivity contribution in [3.05, 3.63) is 25.0 Å². The molecule has 0 aliphatic carbocycles. The van der Waals surface area contributed by atoms with Crippen LogP contribution < -0.4 is 15.5 Å². The first-order valence-corrected chi connectivity index (χ1v) is 6.42. The van der Waals surface area contributed by atoms with E-state index >= 15 is 0 Å². The molecule has 0 radical (unpaired) electrons. The van der Waals surface area contributed by atoms with Crippen molar-refractivity contribution < 1.29 is 0 Å². The van der Waals surface area contributed by atoms with Gasteiger partial charge in [-0.25, -0.2) is 9.97 Å². The smallest absolute Gasteiger partial charge is 0.134 e. The number of anilines is 2. The number of nitrogens with zero attached hydrogens (tertiary/aromatic N) is 3. The summed E-state index contributed by atoms with van der Waals surface area (Å²) in [7, 11) is 2.03. The molecule has 1 aliphatic heterocycles. The van der Waals surface area contributed by atoms with Crippen molar-refractivity contribution >= 4 is 11.6 Å². The first-order valence-electron chi connectivity index (χ1n) is 6.42. The van der Waals surface area contributed by atoms with Gasteiger partial charge in [-0.2, -0.15) is 0 Å². The maximum atomic E-state index is 4.35. The molecule has 18 heavy (non-hydrogen) atoms. The highest BCUT2D eigenvalue weighted by atomic mass is 15.2. The highest BCUT2D eigenvalue weighted by Crippen LogP contribution is 2.19. The van der Waals surface area contributed by atoms with E-state index in [-0.39, 0.29) is 0 Å². The first kappa shape index (κ1) is 12.8. The van der Waals surface area contributed by atoms with Crippen LogP contribution in [0.2, 0.25) is 0 Å². The summed E-state index contributed by atoms with van der Waals surface area (Å²) in [6, 6.07) is 2.64. The fraction of sp³-hybridized carbons (Fsp3) is 0.538. The van der Waals surface area contributed by atoms with Crippen molar-refractivity contribution in [2.75, 3.05) is 36.9 Å². The van der Waals surface area contributed by atoms with E-state index < -0.39 is 0 Å². The zero-order chi connectivity index (χ0) is 12.8. The van der Waals surface area contributed by atoms with Gasteiger partial charge in [-0.05, 0) is 19.9 Å². The highest BCUT2D eigenvalue weighted by molar-refractivity contribution is 5.48. The summed E-state index contributed by atoms with van der Waals surface area (Å²) < 4.78 is 0. The Bertz CT molecular complexity index is 385. The normalized spacial score (nSPS) is 16.6. The average Bonchev–Trinajstić information content (AvgIpc) is 2.45. The van der Waals surface area contributed by atoms with Crippen LogP contribution in [0.15, 0.2) is 25.0 Å². The zero-order valence-electron chi connectivity index (χ0n) is 10.9. The molecule has 2 rings (SSSR count). The number of hydrogen-bond acceptors (Lipinski definition) is 5. The Kier molecular flexibility index (Phi) is 4.52. The van der Waals surface area contributed by atoms with Crippen LogP contribution in [0.1, 0.15) is 12.8 Å². The van der Waals surface area contributed by atoms with E-state index in [1.54, 1.807) is 6.33 Å². The lowest BCUT2D eigenvalue weighted by Gasteiger charge is -2.32. The predicted molar refractivity (Wildman–Crippen MR) is 75.0 cm³/mol. The SMILES string of the molecule is C=CCNc1cc(N2CCC(NC)CC2)ncn1. The van der Waals surface area contributed by atoms with Crippen LogP contribution in [0.4, 0.5) is 11.6 Å². The van der Waals surface area contributed by atoms with Gasteiger partial charge in [0, 0.05) is 31.7 Å². The monoisotopic (exact) mass is 247 g/mol. The maximum Gasteiger partial charge on any atom is 0.134 e. The van der Waals surface area contributed by atoms with E-state index in [0.717, 1.165) is 44.1 Å². The molecule has 5 nitrogen and oxygen atoms in total. The fourth-order valence-corrected chi connectivity index (χ4v) is 2.19. The molecule has 0 aromatic carbocycles. The third-order valence-electron chi connectivity index (χ3n) is 3.31. The highest BCUT2D eigenvalue weighted by Gasteiger charge is 2.18. The summed E-state index contributed by atoms with van der Waals surface area (Å²) in [6.07, 6.45) is 5.76. The minimum absolute atomic E-state index is 0.640. The molecular formula is C13H21N5. The zero-order valence-corrected chi connectivity index (χ0v) is 10.9. The largest absolute Gasteiger partial charge is 0.366 e. The van der Waals surface area contributed by atoms with Crippen LogP contribution in [0.25, 0.3) is 0 Å². The van der Waals surface area contributed by atoms with Gasteiger partial charge in [0.15, 0.2) is 0 Å². The molecule has 1 fully saturated rings. The van der Waals surface area contributed by atoms with Crippen LogP contribution in [0.5, 0.6) is 0 Å². The first-order chi connectivity index (χ1) is 8.83. The summed E-state index contributed by atoms with van der Waals surface area (Å²) in [6.45, 7) is 6.49. The van der Waals surface area contributed by atoms with E-state index in [1.165, 1.54) is 0 Å². The molecule has 2 heterocycles. The van der Waals surface area contributed by atoms with Gasteiger partial charge in [-0.3, -0.25) is 0 Å². The summed E-state index contributed by atoms with van der Waals surface area (Å²) >= 11 is 0. The number of hydrogen-bond donors (Lipinski definition) is 2. The van der Waals surface area contributed by atoms with Gasteiger partial charge in [-0.15, -0.1) is 6.58 Å². The van der Waals surface area contributed by atoms with Crippen molar-refractivity contribution in [3.63, 3.8) is 0 Å². The Morgan fingerprint density at radius 1 is 1.44 bits per heavy atom. The molecule has 1 saturated heterocycles. The van der Waals surface area contributed by atoms with E-state index in [2.05, 4.69) is 32.1 Å². The van der Waals surface area contributed by atoms with Gasteiger partial charge in [-0.1, -0.05) is 6.08 Å². The molecule has 98 valence electrons. The second kappa shape index (κ2) is 6.35. The van der Waals surface area contributed by atoms with Crippen LogP contribution in [-0.2, 0) is 0 Å². The van der Waals surface area contributed by atoms with Crippen LogP contribution in [0.3, 0.4) is 0 Å². The van der Waals surface area contributed by atoms with Gasteiger partial charge >= 0.3 is 0 Å². The molecule has 2 N–H and O–H groups in total. The lowest BCUT2D eigenvalue weighted by molar-refractivity contribution is 0.440. The van der Waals surface area contributed by atoms with Gasteiger partial charge in [0.05, 0.1) is 0 Å². The van der Waals surface area contributed by atoms with Crippen molar-refractivity contribution in [3.8, 4) is 0 Å². The molecule has 0 saturated carbocycles. The molecule has 1 aliphatic rings. The standard InChI is InChI=1S/C13H21N5/c1-3-6-15-12-9-13(17-10-16-12)18-7-4-11(14-2)5-8-18/h3,9-11,14H,1,4-8H2,2H3,(H,15,16,17). The van der Waals surface area contributed by atoms with Crippen LogP contribution in [-0.4, -0.2) is 42.7 Å². The van der Waals surface area contributed by atoms with E-state index in [1.807, 2.05) is 19.2 Å². The summed E-state index contributed by atoms with van der Waals surface area (Å²) in [5.74, 6) is 1.86. The van der Waals surface area contributed by atoms with Crippen molar-refractivity contribution in [2.24, 2.45) is 0 Å². The van der Waals surface area contributed by atoms with Gasteiger partial charge in [0.25, 0.3) is 0 Å². The lowest BCUT2D eigenvalue weighted by Crippen LogP contribution is -2.41. The van der Waals surface area contributed by atoms with E-state index in [9.17, 15) is 0 Å². The Morgan fingerprint density at radius 2 is 2.22 bits per heavy atom. The van der Waals surface area contributed by atoms with Crippen molar-refractivity contribution in [2.45, 2.75) is 18.9 Å². The molecule has 5 heteroatoms. The van der Waals surface area contributed by atoms with Crippen LogP contribution >= 0.6 is 0 Å². The predicted octanol–water partition coefficient (Wildman–Crippen LogP) is 1.26. The molecule has 0 amide bonds. The third kappa shape index (κ3) is 3.20. The Balaban J connectivity index is 1.98. The topological polar surface area (TPSA) is 53.1 Å². The minimum atomic E-state index is 0.640. The molecular weight excluding hydrogens is 226 g/mol.